The van der Waals surface area contributed by atoms with E-state index in [-0.39, 0.29) is 5.69 Å². The number of aryl methyl sites for hydroxylation is 1. The summed E-state index contributed by atoms with van der Waals surface area (Å²) in [4.78, 5) is 13.2. The number of anilines is 1. The topological polar surface area (TPSA) is 71.8 Å². The first kappa shape index (κ1) is 28.7. The molecule has 0 bridgehead atoms. The minimum atomic E-state index is -0.642. The molecule has 4 aromatic carbocycles. The Bertz CT molecular complexity index is 1660. The van der Waals surface area contributed by atoms with Gasteiger partial charge in [-0.3, -0.25) is 4.57 Å². The fourth-order valence-electron chi connectivity index (χ4n) is 4.38. The summed E-state index contributed by atoms with van der Waals surface area (Å²) in [6.07, 6.45) is 0.400. The minimum Gasteiger partial charge on any atom is -0.327 e. The van der Waals surface area contributed by atoms with Gasteiger partial charge in [0.1, 0.15) is 5.82 Å². The molecule has 5 aromatic rings. The van der Waals surface area contributed by atoms with Crippen LogP contribution in [0.1, 0.15) is 28.6 Å². The van der Waals surface area contributed by atoms with E-state index in [9.17, 15) is 9.18 Å². The summed E-state index contributed by atoms with van der Waals surface area (Å²) in [5, 5.41) is 16.1. The second-order valence-electron chi connectivity index (χ2n) is 9.37. The normalized spacial score (nSPS) is 11.7. The van der Waals surface area contributed by atoms with Crippen LogP contribution in [0.4, 0.5) is 14.9 Å². The van der Waals surface area contributed by atoms with Crippen molar-refractivity contribution in [2.45, 2.75) is 30.3 Å². The molecule has 0 aliphatic carbocycles. The SMILES string of the molecule is Cc1cccc(CSc2nnc(C(Cc3ccccc3)NC(=O)Nc3ccccc3F)n2-c2ccc(Cl)cc2Cl)c1. The van der Waals surface area contributed by atoms with E-state index in [0.717, 1.165) is 11.1 Å². The Morgan fingerprint density at radius 1 is 0.927 bits per heavy atom. The van der Waals surface area contributed by atoms with Crippen LogP contribution < -0.4 is 10.6 Å². The van der Waals surface area contributed by atoms with Crippen molar-refractivity contribution >= 4 is 46.7 Å². The van der Waals surface area contributed by atoms with Crippen molar-refractivity contribution < 1.29 is 9.18 Å². The Balaban J connectivity index is 1.53. The highest BCUT2D eigenvalue weighted by atomic mass is 35.5. The third-order valence-electron chi connectivity index (χ3n) is 6.28. The minimum absolute atomic E-state index is 0.0695. The van der Waals surface area contributed by atoms with Gasteiger partial charge >= 0.3 is 6.03 Å². The Labute approximate surface area is 251 Å². The van der Waals surface area contributed by atoms with Gasteiger partial charge in [-0.2, -0.15) is 0 Å². The van der Waals surface area contributed by atoms with Gasteiger partial charge in [0.2, 0.25) is 0 Å². The maximum Gasteiger partial charge on any atom is 0.319 e. The first-order valence-electron chi connectivity index (χ1n) is 12.8. The molecule has 0 fully saturated rings. The summed E-state index contributed by atoms with van der Waals surface area (Å²) in [6, 6.07) is 27.9. The van der Waals surface area contributed by atoms with Crippen LogP contribution in [-0.4, -0.2) is 20.8 Å². The maximum atomic E-state index is 14.3. The van der Waals surface area contributed by atoms with Gasteiger partial charge in [-0.05, 0) is 48.4 Å². The van der Waals surface area contributed by atoms with Crippen molar-refractivity contribution in [2.24, 2.45) is 0 Å². The Hall–Kier alpha value is -3.85. The highest BCUT2D eigenvalue weighted by Gasteiger charge is 2.26. The zero-order valence-electron chi connectivity index (χ0n) is 22.0. The monoisotopic (exact) mass is 605 g/mol. The van der Waals surface area contributed by atoms with Crippen molar-refractivity contribution in [1.82, 2.24) is 20.1 Å². The predicted molar refractivity (Wildman–Crippen MR) is 164 cm³/mol. The molecule has 41 heavy (non-hydrogen) atoms. The van der Waals surface area contributed by atoms with Gasteiger partial charge in [-0.25, -0.2) is 9.18 Å². The molecule has 1 aromatic heterocycles. The number of para-hydroxylation sites is 1. The molecule has 2 N–H and O–H groups in total. The van der Waals surface area contributed by atoms with Crippen molar-refractivity contribution in [1.29, 1.82) is 0 Å². The lowest BCUT2D eigenvalue weighted by atomic mass is 10.1. The number of hydrogen-bond acceptors (Lipinski definition) is 4. The van der Waals surface area contributed by atoms with E-state index < -0.39 is 17.9 Å². The highest BCUT2D eigenvalue weighted by molar-refractivity contribution is 7.98. The summed E-state index contributed by atoms with van der Waals surface area (Å²) in [6.45, 7) is 2.05. The second-order valence-corrected chi connectivity index (χ2v) is 11.2. The Kier molecular flexibility index (Phi) is 9.24. The molecule has 0 aliphatic rings. The van der Waals surface area contributed by atoms with Crippen LogP contribution in [0.25, 0.3) is 5.69 Å². The quantitative estimate of drug-likeness (QED) is 0.165. The molecule has 0 saturated heterocycles. The van der Waals surface area contributed by atoms with E-state index in [2.05, 4.69) is 46.0 Å². The van der Waals surface area contributed by atoms with Gasteiger partial charge in [0.05, 0.1) is 22.4 Å². The number of amides is 2. The lowest BCUT2D eigenvalue weighted by Gasteiger charge is -2.21. The number of carbonyl (C=O) groups excluding carboxylic acids is 1. The third-order valence-corrected chi connectivity index (χ3v) is 7.82. The molecule has 0 saturated carbocycles. The molecule has 5 rings (SSSR count). The smallest absolute Gasteiger partial charge is 0.319 e. The third kappa shape index (κ3) is 7.27. The van der Waals surface area contributed by atoms with Gasteiger partial charge in [-0.15, -0.1) is 10.2 Å². The molecule has 0 radical (unpaired) electrons. The lowest BCUT2D eigenvalue weighted by Crippen LogP contribution is -2.35. The zero-order chi connectivity index (χ0) is 28.8. The van der Waals surface area contributed by atoms with Crippen LogP contribution in [0.15, 0.2) is 102 Å². The largest absolute Gasteiger partial charge is 0.327 e. The number of aromatic nitrogens is 3. The van der Waals surface area contributed by atoms with Crippen molar-refractivity contribution in [3.8, 4) is 5.69 Å². The molecule has 208 valence electrons. The van der Waals surface area contributed by atoms with E-state index in [1.165, 1.54) is 29.5 Å². The molecule has 0 aliphatic heterocycles. The fraction of sp³-hybridized carbons (Fsp3) is 0.129. The molecule has 6 nitrogen and oxygen atoms in total. The summed E-state index contributed by atoms with van der Waals surface area (Å²) < 4.78 is 16.1. The van der Waals surface area contributed by atoms with Crippen molar-refractivity contribution in [3.63, 3.8) is 0 Å². The van der Waals surface area contributed by atoms with Gasteiger partial charge in [0, 0.05) is 17.2 Å². The standard InChI is InChI=1S/C31H26Cl2FN5OS/c1-20-8-7-11-22(16-20)19-41-31-38-37-29(39(31)28-15-14-23(32)18-24(28)33)27(17-21-9-3-2-4-10-21)36-30(40)35-26-13-6-5-12-25(26)34/h2-16,18,27H,17,19H2,1H3,(H2,35,36,40). The van der Waals surface area contributed by atoms with Crippen molar-refractivity contribution in [2.75, 3.05) is 5.32 Å². The van der Waals surface area contributed by atoms with E-state index in [4.69, 9.17) is 23.2 Å². The summed E-state index contributed by atoms with van der Waals surface area (Å²) in [5.41, 5.74) is 3.96. The van der Waals surface area contributed by atoms with E-state index in [0.29, 0.717) is 38.9 Å². The highest BCUT2D eigenvalue weighted by Crippen LogP contribution is 2.33. The maximum absolute atomic E-state index is 14.3. The summed E-state index contributed by atoms with van der Waals surface area (Å²) >= 11 is 14.4. The van der Waals surface area contributed by atoms with E-state index in [1.54, 1.807) is 30.3 Å². The number of halogens is 3. The Morgan fingerprint density at radius 2 is 1.68 bits per heavy atom. The fourth-order valence-corrected chi connectivity index (χ4v) is 5.76. The van der Waals surface area contributed by atoms with E-state index in [1.807, 2.05) is 41.0 Å². The van der Waals surface area contributed by atoms with E-state index >= 15 is 0 Å². The first-order chi connectivity index (χ1) is 19.9. The average Bonchev–Trinajstić information content (AvgIpc) is 3.37. The molecule has 1 unspecified atom stereocenters. The number of carbonyl (C=O) groups is 1. The summed E-state index contributed by atoms with van der Waals surface area (Å²) in [5.74, 6) is 0.581. The first-order valence-corrected chi connectivity index (χ1v) is 14.6. The number of nitrogens with one attached hydrogen (secondary N) is 2. The molecular weight excluding hydrogens is 580 g/mol. The number of urea groups is 1. The van der Waals surface area contributed by atoms with Crippen LogP contribution in [0.3, 0.4) is 0 Å². The number of rotatable bonds is 9. The van der Waals surface area contributed by atoms with Crippen molar-refractivity contribution in [3.05, 3.63) is 135 Å². The van der Waals surface area contributed by atoms with Gasteiger partial charge in [0.25, 0.3) is 0 Å². The molecule has 2 amide bonds. The van der Waals surface area contributed by atoms with Crippen LogP contribution in [0, 0.1) is 12.7 Å². The van der Waals surface area contributed by atoms with Gasteiger partial charge in [0.15, 0.2) is 11.0 Å². The van der Waals surface area contributed by atoms with Gasteiger partial charge in [-0.1, -0.05) is 107 Å². The number of benzene rings is 4. The second kappa shape index (κ2) is 13.2. The number of nitrogens with zero attached hydrogens (tertiary/aromatic N) is 3. The average molecular weight is 607 g/mol. The van der Waals surface area contributed by atoms with Gasteiger partial charge < -0.3 is 10.6 Å². The van der Waals surface area contributed by atoms with Crippen LogP contribution in [0.5, 0.6) is 0 Å². The predicted octanol–water partition coefficient (Wildman–Crippen LogP) is 8.42. The molecule has 1 atom stereocenters. The van der Waals surface area contributed by atoms with Crippen LogP contribution in [-0.2, 0) is 12.2 Å². The summed E-state index contributed by atoms with van der Waals surface area (Å²) in [7, 11) is 0. The molecule has 0 spiro atoms. The zero-order valence-corrected chi connectivity index (χ0v) is 24.3. The number of thioether (sulfide) groups is 1. The molecule has 1 heterocycles. The molecular formula is C31H26Cl2FN5OS. The Morgan fingerprint density at radius 3 is 2.44 bits per heavy atom. The number of hydrogen-bond donors (Lipinski definition) is 2. The van der Waals surface area contributed by atoms with Crippen LogP contribution >= 0.6 is 35.0 Å². The molecule has 10 heteroatoms. The lowest BCUT2D eigenvalue weighted by molar-refractivity contribution is 0.247. The van der Waals surface area contributed by atoms with Crippen LogP contribution in [0.2, 0.25) is 10.0 Å².